The van der Waals surface area contributed by atoms with Gasteiger partial charge in [-0.05, 0) is 27.9 Å². The van der Waals surface area contributed by atoms with Gasteiger partial charge in [0.1, 0.15) is 0 Å². The summed E-state index contributed by atoms with van der Waals surface area (Å²) in [7, 11) is 4.43. The Bertz CT molecular complexity index is 784. The minimum Gasteiger partial charge on any atom is -0.378 e. The van der Waals surface area contributed by atoms with Crippen LogP contribution in [0.5, 0.6) is 0 Å². The van der Waals surface area contributed by atoms with E-state index >= 15 is 0 Å². The van der Waals surface area contributed by atoms with E-state index in [9.17, 15) is 8.42 Å². The molecule has 0 saturated carbocycles. The summed E-state index contributed by atoms with van der Waals surface area (Å²) in [6.45, 7) is 6.81. The molecule has 0 aromatic carbocycles. The van der Waals surface area contributed by atoms with Crippen LogP contribution in [0.25, 0.3) is 0 Å². The highest BCUT2D eigenvalue weighted by Crippen LogP contribution is 2.16. The fourth-order valence-corrected chi connectivity index (χ4v) is 4.71. The standard InChI is InChI=1S/C19H37N7O3S/c1-16(2)29-11-12-30(27,28)26-9-7-25(8-10-26)19(20-3)21-14-18(23(4)5)17-13-22-24(6)15-17/h13,15-16,18H,7-12,14H2,1-6H3,(H,20,21). The van der Waals surface area contributed by atoms with Crippen molar-refractivity contribution in [1.29, 1.82) is 0 Å². The smallest absolute Gasteiger partial charge is 0.216 e. The van der Waals surface area contributed by atoms with Crippen LogP contribution in [0, 0.1) is 0 Å². The zero-order valence-electron chi connectivity index (χ0n) is 19.1. The number of guanidine groups is 1. The lowest BCUT2D eigenvalue weighted by molar-refractivity contribution is 0.0904. The van der Waals surface area contributed by atoms with Crippen molar-refractivity contribution in [3.8, 4) is 0 Å². The molecule has 1 fully saturated rings. The summed E-state index contributed by atoms with van der Waals surface area (Å²) in [5.74, 6) is 0.805. The summed E-state index contributed by atoms with van der Waals surface area (Å²) in [5, 5.41) is 7.71. The van der Waals surface area contributed by atoms with Crippen LogP contribution in [0.15, 0.2) is 17.4 Å². The maximum absolute atomic E-state index is 12.5. The molecule has 0 amide bonds. The number of aliphatic imine (C=N–C) groups is 1. The zero-order valence-corrected chi connectivity index (χ0v) is 19.9. The number of nitrogens with one attached hydrogen (secondary N) is 1. The first-order chi connectivity index (χ1) is 14.1. The van der Waals surface area contributed by atoms with Crippen LogP contribution in [-0.4, -0.2) is 111 Å². The summed E-state index contributed by atoms with van der Waals surface area (Å²) >= 11 is 0. The summed E-state index contributed by atoms with van der Waals surface area (Å²) in [4.78, 5) is 8.65. The number of sulfonamides is 1. The van der Waals surface area contributed by atoms with Crippen LogP contribution in [-0.2, 0) is 21.8 Å². The van der Waals surface area contributed by atoms with Crippen molar-refractivity contribution in [2.75, 3.05) is 66.2 Å². The van der Waals surface area contributed by atoms with E-state index < -0.39 is 10.0 Å². The average molecular weight is 444 g/mol. The lowest BCUT2D eigenvalue weighted by Crippen LogP contribution is -2.54. The molecule has 1 atom stereocenters. The van der Waals surface area contributed by atoms with E-state index in [-0.39, 0.29) is 24.5 Å². The van der Waals surface area contributed by atoms with Crippen LogP contribution >= 0.6 is 0 Å². The van der Waals surface area contributed by atoms with Crippen LogP contribution < -0.4 is 5.32 Å². The molecule has 0 aliphatic carbocycles. The van der Waals surface area contributed by atoms with E-state index in [1.165, 1.54) is 0 Å². The Labute approximate surface area is 180 Å². The number of hydrogen-bond acceptors (Lipinski definition) is 6. The Morgan fingerprint density at radius 3 is 2.47 bits per heavy atom. The molecule has 1 aliphatic heterocycles. The number of ether oxygens (including phenoxy) is 1. The highest BCUT2D eigenvalue weighted by molar-refractivity contribution is 7.89. The van der Waals surface area contributed by atoms with Gasteiger partial charge in [-0.15, -0.1) is 0 Å². The third-order valence-electron chi connectivity index (χ3n) is 5.12. The van der Waals surface area contributed by atoms with Crippen molar-refractivity contribution < 1.29 is 13.2 Å². The molecule has 0 radical (unpaired) electrons. The maximum atomic E-state index is 12.5. The molecule has 2 rings (SSSR count). The summed E-state index contributed by atoms with van der Waals surface area (Å²) in [6.07, 6.45) is 3.92. The highest BCUT2D eigenvalue weighted by Gasteiger charge is 2.28. The molecule has 1 saturated heterocycles. The van der Waals surface area contributed by atoms with Gasteiger partial charge in [0.2, 0.25) is 10.0 Å². The Balaban J connectivity index is 1.89. The monoisotopic (exact) mass is 443 g/mol. The summed E-state index contributed by atoms with van der Waals surface area (Å²) in [6, 6.07) is 0.151. The minimum atomic E-state index is -3.30. The highest BCUT2D eigenvalue weighted by atomic mass is 32.2. The molecule has 2 heterocycles. The zero-order chi connectivity index (χ0) is 22.3. The summed E-state index contributed by atoms with van der Waals surface area (Å²) in [5.41, 5.74) is 1.13. The lowest BCUT2D eigenvalue weighted by Gasteiger charge is -2.36. The number of piperazine rings is 1. The SMILES string of the molecule is CN=C(NCC(c1cnn(C)c1)N(C)C)N1CCN(S(=O)(=O)CCOC(C)C)CC1. The van der Waals surface area contributed by atoms with Crippen LogP contribution in [0.2, 0.25) is 0 Å². The van der Waals surface area contributed by atoms with Gasteiger partial charge in [0.05, 0.1) is 30.7 Å². The second kappa shape index (κ2) is 11.1. The van der Waals surface area contributed by atoms with E-state index in [1.54, 1.807) is 16.0 Å². The molecule has 1 N–H and O–H groups in total. The second-order valence-corrected chi connectivity index (χ2v) is 10.1. The quantitative estimate of drug-likeness (QED) is 0.423. The number of aryl methyl sites for hydroxylation is 1. The van der Waals surface area contributed by atoms with Crippen molar-refractivity contribution in [3.05, 3.63) is 18.0 Å². The molecule has 10 nitrogen and oxygen atoms in total. The Morgan fingerprint density at radius 2 is 1.97 bits per heavy atom. The fourth-order valence-electron chi connectivity index (χ4n) is 3.43. The first-order valence-corrected chi connectivity index (χ1v) is 11.9. The minimum absolute atomic E-state index is 0.0216. The Morgan fingerprint density at radius 1 is 1.30 bits per heavy atom. The molecule has 1 aliphatic rings. The van der Waals surface area contributed by atoms with Crippen molar-refractivity contribution >= 4 is 16.0 Å². The van der Waals surface area contributed by atoms with Crippen molar-refractivity contribution in [3.63, 3.8) is 0 Å². The molecule has 30 heavy (non-hydrogen) atoms. The number of likely N-dealkylation sites (N-methyl/N-ethyl adjacent to an activating group) is 1. The third-order valence-corrected chi connectivity index (χ3v) is 6.96. The van der Waals surface area contributed by atoms with Crippen molar-refractivity contribution in [2.24, 2.45) is 12.0 Å². The van der Waals surface area contributed by atoms with Gasteiger partial charge < -0.3 is 19.9 Å². The largest absolute Gasteiger partial charge is 0.378 e. The molecule has 1 aromatic rings. The van der Waals surface area contributed by atoms with E-state index in [4.69, 9.17) is 4.74 Å². The predicted octanol–water partition coefficient (Wildman–Crippen LogP) is -0.0294. The molecule has 1 aromatic heterocycles. The van der Waals surface area contributed by atoms with E-state index in [0.717, 1.165) is 11.5 Å². The molecule has 0 bridgehead atoms. The first kappa shape index (κ1) is 24.6. The Kier molecular flexibility index (Phi) is 9.08. The first-order valence-electron chi connectivity index (χ1n) is 10.3. The lowest BCUT2D eigenvalue weighted by atomic mass is 10.1. The number of aromatic nitrogens is 2. The van der Waals surface area contributed by atoms with Gasteiger partial charge in [-0.1, -0.05) is 0 Å². The normalized spacial score (nSPS) is 17.7. The molecule has 172 valence electrons. The number of rotatable bonds is 9. The third kappa shape index (κ3) is 6.93. The second-order valence-electron chi connectivity index (χ2n) is 7.98. The van der Waals surface area contributed by atoms with E-state index in [0.29, 0.717) is 32.7 Å². The van der Waals surface area contributed by atoms with E-state index in [1.807, 2.05) is 47.4 Å². The predicted molar refractivity (Wildman–Crippen MR) is 119 cm³/mol. The average Bonchev–Trinajstić information content (AvgIpc) is 3.10. The van der Waals surface area contributed by atoms with Gasteiger partial charge in [-0.3, -0.25) is 9.67 Å². The number of nitrogens with zero attached hydrogens (tertiary/aromatic N) is 6. The van der Waals surface area contributed by atoms with Crippen LogP contribution in [0.1, 0.15) is 25.5 Å². The fraction of sp³-hybridized carbons (Fsp3) is 0.789. The maximum Gasteiger partial charge on any atom is 0.216 e. The van der Waals surface area contributed by atoms with Crippen LogP contribution in [0.3, 0.4) is 0 Å². The van der Waals surface area contributed by atoms with Crippen LogP contribution in [0.4, 0.5) is 0 Å². The van der Waals surface area contributed by atoms with Gasteiger partial charge in [-0.2, -0.15) is 9.40 Å². The van der Waals surface area contributed by atoms with Gasteiger partial charge >= 0.3 is 0 Å². The molecule has 11 heteroatoms. The topological polar surface area (TPSA) is 95.3 Å². The Hall–Kier alpha value is -1.69. The van der Waals surface area contributed by atoms with Gasteiger partial charge in [0, 0.05) is 58.6 Å². The molecular weight excluding hydrogens is 406 g/mol. The molecular formula is C19H37N7O3S. The molecule has 0 spiro atoms. The van der Waals surface area contributed by atoms with Crippen molar-refractivity contribution in [1.82, 2.24) is 29.2 Å². The van der Waals surface area contributed by atoms with Crippen molar-refractivity contribution in [2.45, 2.75) is 26.0 Å². The van der Waals surface area contributed by atoms with Gasteiger partial charge in [0.25, 0.3) is 0 Å². The molecule has 1 unspecified atom stereocenters. The van der Waals surface area contributed by atoms with E-state index in [2.05, 4.69) is 25.2 Å². The van der Waals surface area contributed by atoms with Gasteiger partial charge in [-0.25, -0.2) is 8.42 Å². The summed E-state index contributed by atoms with van der Waals surface area (Å²) < 4.78 is 33.8. The van der Waals surface area contributed by atoms with Gasteiger partial charge in [0.15, 0.2) is 5.96 Å². The number of hydrogen-bond donors (Lipinski definition) is 1.